The number of rotatable bonds is 22. The number of methoxy groups -OCH3 is 1. The number of hydrogen-bond acceptors (Lipinski definition) is 8. The van der Waals surface area contributed by atoms with Gasteiger partial charge in [0.25, 0.3) is 0 Å². The van der Waals surface area contributed by atoms with Crippen LogP contribution in [0.2, 0.25) is 36.3 Å². The molecular weight excluding hydrogens is 713 g/mol. The summed E-state index contributed by atoms with van der Waals surface area (Å²) in [7, 11) is -2.45. The molecule has 8 nitrogen and oxygen atoms in total. The Hall–Kier alpha value is -1.87. The standard InChI is InChI=1S/C44H74O8Si2/c1-33(27-41-42(52-54(11,12)44(5,6)7)28-39(50-41)32-49-29-34-17-14-13-15-18-34)40(46)26-23-36(45)19-16-20-38(51-53(9,10)43(2,3)4)31-48-30-35-21-24-37(47-8)25-22-35/h13-18,20-22,24-25,33,36,38-42,45-46H,19,23,26-32H2,1-12H3/b20-16-/t33-,36?,38+,39+,40+,41-,42-/m1/s1. The van der Waals surface area contributed by atoms with Gasteiger partial charge in [-0.1, -0.05) is 103 Å². The Morgan fingerprint density at radius 3 is 2.06 bits per heavy atom. The zero-order chi connectivity index (χ0) is 40.2. The first-order valence-electron chi connectivity index (χ1n) is 20.1. The molecule has 0 bridgehead atoms. The summed E-state index contributed by atoms with van der Waals surface area (Å²) in [6, 6.07) is 18.1. The smallest absolute Gasteiger partial charge is 0.192 e. The van der Waals surface area contributed by atoms with Crippen LogP contribution >= 0.6 is 0 Å². The van der Waals surface area contributed by atoms with Gasteiger partial charge in [-0.2, -0.15) is 0 Å². The van der Waals surface area contributed by atoms with E-state index in [9.17, 15) is 10.2 Å². The molecule has 2 aromatic rings. The van der Waals surface area contributed by atoms with E-state index in [-0.39, 0.29) is 40.4 Å². The molecule has 1 fully saturated rings. The zero-order valence-electron chi connectivity index (χ0n) is 35.6. The van der Waals surface area contributed by atoms with E-state index in [1.807, 2.05) is 54.6 Å². The summed E-state index contributed by atoms with van der Waals surface area (Å²) in [4.78, 5) is 0. The zero-order valence-corrected chi connectivity index (χ0v) is 37.6. The van der Waals surface area contributed by atoms with Gasteiger partial charge in [0.05, 0.1) is 70.2 Å². The molecule has 3 rings (SSSR count). The Balaban J connectivity index is 1.53. The van der Waals surface area contributed by atoms with E-state index in [0.717, 1.165) is 23.3 Å². The molecular formula is C44H74O8Si2. The number of aliphatic hydroxyl groups is 2. The van der Waals surface area contributed by atoms with Crippen LogP contribution < -0.4 is 4.74 Å². The van der Waals surface area contributed by atoms with Crippen LogP contribution in [0.15, 0.2) is 66.7 Å². The van der Waals surface area contributed by atoms with Gasteiger partial charge >= 0.3 is 0 Å². The highest BCUT2D eigenvalue weighted by molar-refractivity contribution is 6.74. The Morgan fingerprint density at radius 1 is 0.833 bits per heavy atom. The van der Waals surface area contributed by atoms with Crippen molar-refractivity contribution in [3.8, 4) is 5.75 Å². The lowest BCUT2D eigenvalue weighted by molar-refractivity contribution is -0.0458. The van der Waals surface area contributed by atoms with E-state index in [4.69, 9.17) is 27.8 Å². The third-order valence-electron chi connectivity index (χ3n) is 11.7. The molecule has 1 heterocycles. The van der Waals surface area contributed by atoms with Crippen molar-refractivity contribution in [2.45, 2.75) is 167 Å². The van der Waals surface area contributed by atoms with Gasteiger partial charge in [0, 0.05) is 6.42 Å². The lowest BCUT2D eigenvalue weighted by atomic mass is 9.91. The second-order valence-corrected chi connectivity index (χ2v) is 27.9. The highest BCUT2D eigenvalue weighted by atomic mass is 28.4. The fourth-order valence-electron chi connectivity index (χ4n) is 6.05. The van der Waals surface area contributed by atoms with E-state index in [1.165, 1.54) is 0 Å². The van der Waals surface area contributed by atoms with Gasteiger partial charge in [-0.25, -0.2) is 0 Å². The lowest BCUT2D eigenvalue weighted by Gasteiger charge is -2.39. The second kappa shape index (κ2) is 21.1. The quantitative estimate of drug-likeness (QED) is 0.0900. The van der Waals surface area contributed by atoms with Gasteiger partial charge in [0.1, 0.15) is 5.75 Å². The highest BCUT2D eigenvalue weighted by Gasteiger charge is 2.45. The SMILES string of the molecule is COc1ccc(COC[C@H](/C=C\CC(O)CC[C@H](O)[C@H](C)C[C@H]2O[C@H](COCc3ccccc3)C[C@H]2O[Si](C)(C)C(C)(C)C)O[Si](C)(C)C(C)(C)C)cc1. The first-order valence-corrected chi connectivity index (χ1v) is 25.9. The monoisotopic (exact) mass is 786 g/mol. The minimum Gasteiger partial charge on any atom is -0.497 e. The summed E-state index contributed by atoms with van der Waals surface area (Å²) < 4.78 is 37.7. The van der Waals surface area contributed by atoms with Gasteiger partial charge in [-0.3, -0.25) is 0 Å². The van der Waals surface area contributed by atoms with Crippen LogP contribution in [-0.2, 0) is 36.3 Å². The van der Waals surface area contributed by atoms with Crippen molar-refractivity contribution < 1.29 is 38.0 Å². The highest BCUT2D eigenvalue weighted by Crippen LogP contribution is 2.41. The van der Waals surface area contributed by atoms with E-state index in [2.05, 4.69) is 86.8 Å². The maximum atomic E-state index is 11.3. The molecule has 0 aromatic heterocycles. The van der Waals surface area contributed by atoms with Crippen LogP contribution in [0.5, 0.6) is 5.75 Å². The Labute approximate surface area is 330 Å². The van der Waals surface area contributed by atoms with Crippen molar-refractivity contribution >= 4 is 16.6 Å². The second-order valence-electron chi connectivity index (χ2n) is 18.4. The summed E-state index contributed by atoms with van der Waals surface area (Å²) in [6.07, 6.45) is 5.45. The molecule has 0 radical (unpaired) electrons. The average molecular weight is 787 g/mol. The molecule has 0 aliphatic carbocycles. The molecule has 1 aliphatic heterocycles. The van der Waals surface area contributed by atoms with Crippen LogP contribution in [-0.4, -0.2) is 83.8 Å². The molecule has 1 saturated heterocycles. The van der Waals surface area contributed by atoms with E-state index < -0.39 is 28.8 Å². The van der Waals surface area contributed by atoms with Gasteiger partial charge in [0.15, 0.2) is 16.6 Å². The minimum absolute atomic E-state index is 0.0162. The third-order valence-corrected chi connectivity index (χ3v) is 20.7. The van der Waals surface area contributed by atoms with Crippen LogP contribution in [0.4, 0.5) is 0 Å². The third kappa shape index (κ3) is 15.2. The molecule has 7 atom stereocenters. The lowest BCUT2D eigenvalue weighted by Crippen LogP contribution is -2.46. The Bertz CT molecular complexity index is 1370. The molecule has 306 valence electrons. The maximum absolute atomic E-state index is 11.3. The number of aliphatic hydroxyl groups excluding tert-OH is 2. The molecule has 10 heteroatoms. The molecule has 54 heavy (non-hydrogen) atoms. The number of benzene rings is 2. The van der Waals surface area contributed by atoms with Crippen molar-refractivity contribution in [2.75, 3.05) is 20.3 Å². The predicted molar refractivity (Wildman–Crippen MR) is 225 cm³/mol. The van der Waals surface area contributed by atoms with Gasteiger partial charge < -0.3 is 38.0 Å². The van der Waals surface area contributed by atoms with E-state index in [1.54, 1.807) is 7.11 Å². The van der Waals surface area contributed by atoms with E-state index >= 15 is 0 Å². The van der Waals surface area contributed by atoms with Crippen molar-refractivity contribution in [2.24, 2.45) is 5.92 Å². The van der Waals surface area contributed by atoms with Crippen molar-refractivity contribution in [1.82, 2.24) is 0 Å². The first kappa shape index (κ1) is 46.5. The molecule has 2 N–H and O–H groups in total. The Morgan fingerprint density at radius 2 is 1.44 bits per heavy atom. The first-order chi connectivity index (χ1) is 25.2. The van der Waals surface area contributed by atoms with Crippen molar-refractivity contribution in [3.05, 3.63) is 77.9 Å². The summed E-state index contributed by atoms with van der Waals surface area (Å²) in [6.45, 7) is 26.6. The summed E-state index contributed by atoms with van der Waals surface area (Å²) in [5.41, 5.74) is 2.21. The predicted octanol–water partition coefficient (Wildman–Crippen LogP) is 9.84. The van der Waals surface area contributed by atoms with E-state index in [0.29, 0.717) is 52.1 Å². The van der Waals surface area contributed by atoms with Crippen LogP contribution in [0, 0.1) is 5.92 Å². The summed E-state index contributed by atoms with van der Waals surface area (Å²) in [5, 5.41) is 22.4. The minimum atomic E-state index is -2.07. The normalized spacial score (nSPS) is 21.0. The van der Waals surface area contributed by atoms with Crippen molar-refractivity contribution in [3.63, 3.8) is 0 Å². The summed E-state index contributed by atoms with van der Waals surface area (Å²) in [5.74, 6) is 0.802. The van der Waals surface area contributed by atoms with Crippen LogP contribution in [0.3, 0.4) is 0 Å². The molecule has 0 spiro atoms. The molecule has 2 aromatic carbocycles. The van der Waals surface area contributed by atoms with Gasteiger partial charge in [-0.15, -0.1) is 0 Å². The number of hydrogen-bond donors (Lipinski definition) is 2. The maximum Gasteiger partial charge on any atom is 0.192 e. The molecule has 0 amide bonds. The van der Waals surface area contributed by atoms with Gasteiger partial charge in [0.2, 0.25) is 0 Å². The number of ether oxygens (including phenoxy) is 4. The molecule has 0 saturated carbocycles. The average Bonchev–Trinajstić information content (AvgIpc) is 3.46. The van der Waals surface area contributed by atoms with Crippen molar-refractivity contribution in [1.29, 1.82) is 0 Å². The summed E-state index contributed by atoms with van der Waals surface area (Å²) >= 11 is 0. The largest absolute Gasteiger partial charge is 0.497 e. The fourth-order valence-corrected chi connectivity index (χ4v) is 8.67. The molecule has 1 aliphatic rings. The van der Waals surface area contributed by atoms with Gasteiger partial charge in [-0.05, 0) is 91.1 Å². The topological polar surface area (TPSA) is 95.8 Å². The fraction of sp³-hybridized carbons (Fsp3) is 0.682. The van der Waals surface area contributed by atoms with Crippen LogP contribution in [0.1, 0.15) is 91.7 Å². The Kier molecular flexibility index (Phi) is 18.1. The molecule has 1 unspecified atom stereocenters. The van der Waals surface area contributed by atoms with Crippen LogP contribution in [0.25, 0.3) is 0 Å².